The fourth-order valence-corrected chi connectivity index (χ4v) is 2.28. The Kier molecular flexibility index (Phi) is 3.65. The average Bonchev–Trinajstić information content (AvgIpc) is 3.01. The van der Waals surface area contributed by atoms with Crippen LogP contribution in [0.15, 0.2) is 42.7 Å². The molecule has 0 radical (unpaired) electrons. The van der Waals surface area contributed by atoms with E-state index in [9.17, 15) is 4.79 Å². The topological polar surface area (TPSA) is 76.2 Å². The van der Waals surface area contributed by atoms with Gasteiger partial charge in [0.05, 0.1) is 31.6 Å². The van der Waals surface area contributed by atoms with Gasteiger partial charge in [-0.25, -0.2) is 4.98 Å². The lowest BCUT2D eigenvalue weighted by atomic mass is 10.1. The van der Waals surface area contributed by atoms with E-state index in [1.165, 1.54) is 14.2 Å². The summed E-state index contributed by atoms with van der Waals surface area (Å²) in [7, 11) is 3.03. The fourth-order valence-electron chi connectivity index (χ4n) is 2.28. The number of hydrogen-bond donors (Lipinski definition) is 2. The van der Waals surface area contributed by atoms with Crippen LogP contribution in [-0.2, 0) is 0 Å². The first-order valence-electron chi connectivity index (χ1n) is 6.68. The van der Waals surface area contributed by atoms with Crippen LogP contribution in [-0.4, -0.2) is 30.1 Å². The Bertz CT molecular complexity index is 804. The maximum Gasteiger partial charge on any atom is 0.263 e. The Morgan fingerprint density at radius 3 is 2.55 bits per heavy atom. The minimum atomic E-state index is -0.298. The number of aromatic nitrogens is 2. The van der Waals surface area contributed by atoms with E-state index in [0.29, 0.717) is 22.7 Å². The van der Waals surface area contributed by atoms with Gasteiger partial charge in [0.15, 0.2) is 0 Å². The number of hydrogen-bond acceptors (Lipinski definition) is 4. The summed E-state index contributed by atoms with van der Waals surface area (Å²) in [6, 6.07) is 10.7. The van der Waals surface area contributed by atoms with Crippen LogP contribution in [0.2, 0.25) is 0 Å². The molecular formula is C16H15N3O3. The van der Waals surface area contributed by atoms with Crippen molar-refractivity contribution in [2.75, 3.05) is 19.5 Å². The van der Waals surface area contributed by atoms with Crippen molar-refractivity contribution < 1.29 is 14.3 Å². The Morgan fingerprint density at radius 1 is 1.14 bits per heavy atom. The van der Waals surface area contributed by atoms with Gasteiger partial charge in [0, 0.05) is 5.69 Å². The Labute approximate surface area is 127 Å². The van der Waals surface area contributed by atoms with Gasteiger partial charge >= 0.3 is 0 Å². The summed E-state index contributed by atoms with van der Waals surface area (Å²) in [6.45, 7) is 0. The highest BCUT2D eigenvalue weighted by molar-refractivity contribution is 6.08. The van der Waals surface area contributed by atoms with E-state index in [0.717, 1.165) is 11.0 Å². The highest BCUT2D eigenvalue weighted by Crippen LogP contribution is 2.29. The molecular weight excluding hydrogens is 282 g/mol. The second-order valence-electron chi connectivity index (χ2n) is 4.63. The molecule has 22 heavy (non-hydrogen) atoms. The quantitative estimate of drug-likeness (QED) is 0.776. The Morgan fingerprint density at radius 2 is 1.86 bits per heavy atom. The smallest absolute Gasteiger partial charge is 0.263 e. The van der Waals surface area contributed by atoms with Gasteiger partial charge in [-0.2, -0.15) is 0 Å². The van der Waals surface area contributed by atoms with Crippen LogP contribution < -0.4 is 14.8 Å². The number of H-pyrrole nitrogens is 1. The van der Waals surface area contributed by atoms with E-state index in [1.807, 2.05) is 12.1 Å². The van der Waals surface area contributed by atoms with Crippen molar-refractivity contribution in [3.63, 3.8) is 0 Å². The van der Waals surface area contributed by atoms with Crippen molar-refractivity contribution in [3.05, 3.63) is 48.3 Å². The SMILES string of the molecule is COc1cccc(OC)c1C(=O)Nc1ccc2nc[nH]c2c1. The van der Waals surface area contributed by atoms with Gasteiger partial charge in [0.25, 0.3) is 5.91 Å². The zero-order chi connectivity index (χ0) is 15.5. The molecule has 1 amide bonds. The molecule has 0 aliphatic heterocycles. The number of imidazole rings is 1. The molecule has 0 spiro atoms. The molecule has 3 aromatic rings. The number of fused-ring (bicyclic) bond motifs is 1. The highest BCUT2D eigenvalue weighted by atomic mass is 16.5. The summed E-state index contributed by atoms with van der Waals surface area (Å²) in [5, 5.41) is 2.84. The highest BCUT2D eigenvalue weighted by Gasteiger charge is 2.18. The van der Waals surface area contributed by atoms with Gasteiger partial charge in [-0.05, 0) is 30.3 Å². The summed E-state index contributed by atoms with van der Waals surface area (Å²) < 4.78 is 10.5. The predicted octanol–water partition coefficient (Wildman–Crippen LogP) is 2.83. The van der Waals surface area contributed by atoms with Crippen LogP contribution in [0.5, 0.6) is 11.5 Å². The minimum absolute atomic E-state index is 0.298. The molecule has 0 saturated heterocycles. The van der Waals surface area contributed by atoms with Gasteiger partial charge in [-0.3, -0.25) is 4.79 Å². The first-order valence-corrected chi connectivity index (χ1v) is 6.68. The molecule has 0 saturated carbocycles. The molecule has 112 valence electrons. The number of methoxy groups -OCH3 is 2. The van der Waals surface area contributed by atoms with Crippen molar-refractivity contribution in [1.82, 2.24) is 9.97 Å². The van der Waals surface area contributed by atoms with E-state index >= 15 is 0 Å². The number of carbonyl (C=O) groups excluding carboxylic acids is 1. The summed E-state index contributed by atoms with van der Waals surface area (Å²) in [6.07, 6.45) is 1.61. The average molecular weight is 297 g/mol. The third kappa shape index (κ3) is 2.46. The normalized spacial score (nSPS) is 10.5. The van der Waals surface area contributed by atoms with E-state index in [1.54, 1.807) is 30.6 Å². The molecule has 0 fully saturated rings. The number of nitrogens with one attached hydrogen (secondary N) is 2. The van der Waals surface area contributed by atoms with E-state index in [4.69, 9.17) is 9.47 Å². The summed E-state index contributed by atoms with van der Waals surface area (Å²) in [5.74, 6) is 0.618. The van der Waals surface area contributed by atoms with Gasteiger partial charge in [0.2, 0.25) is 0 Å². The fraction of sp³-hybridized carbons (Fsp3) is 0.125. The van der Waals surface area contributed by atoms with Crippen LogP contribution in [0.3, 0.4) is 0 Å². The lowest BCUT2D eigenvalue weighted by molar-refractivity contribution is 0.102. The van der Waals surface area contributed by atoms with Crippen LogP contribution in [0.25, 0.3) is 11.0 Å². The number of rotatable bonds is 4. The van der Waals surface area contributed by atoms with Crippen molar-refractivity contribution in [2.45, 2.75) is 0 Å². The number of benzene rings is 2. The number of anilines is 1. The van der Waals surface area contributed by atoms with Gasteiger partial charge in [0.1, 0.15) is 17.1 Å². The largest absolute Gasteiger partial charge is 0.496 e. The van der Waals surface area contributed by atoms with Crippen molar-refractivity contribution >= 4 is 22.6 Å². The second kappa shape index (κ2) is 5.77. The number of nitrogens with zero attached hydrogens (tertiary/aromatic N) is 1. The van der Waals surface area contributed by atoms with Crippen LogP contribution in [0, 0.1) is 0 Å². The zero-order valence-electron chi connectivity index (χ0n) is 12.2. The van der Waals surface area contributed by atoms with Gasteiger partial charge < -0.3 is 19.8 Å². The maximum absolute atomic E-state index is 12.6. The first kappa shape index (κ1) is 13.9. The summed E-state index contributed by atoms with van der Waals surface area (Å²) in [4.78, 5) is 19.7. The molecule has 3 rings (SSSR count). The molecule has 0 unspecified atom stereocenters. The van der Waals surface area contributed by atoms with Crippen LogP contribution >= 0.6 is 0 Å². The number of amides is 1. The van der Waals surface area contributed by atoms with Crippen molar-refractivity contribution in [2.24, 2.45) is 0 Å². The van der Waals surface area contributed by atoms with Crippen molar-refractivity contribution in [3.8, 4) is 11.5 Å². The van der Waals surface area contributed by atoms with Gasteiger partial charge in [-0.1, -0.05) is 6.07 Å². The van der Waals surface area contributed by atoms with Crippen LogP contribution in [0.1, 0.15) is 10.4 Å². The zero-order valence-corrected chi connectivity index (χ0v) is 12.2. The monoisotopic (exact) mass is 297 g/mol. The van der Waals surface area contributed by atoms with Crippen molar-refractivity contribution in [1.29, 1.82) is 0 Å². The molecule has 2 N–H and O–H groups in total. The predicted molar refractivity (Wildman–Crippen MR) is 83.6 cm³/mol. The standard InChI is InChI=1S/C16H15N3O3/c1-21-13-4-3-5-14(22-2)15(13)16(20)19-10-6-7-11-12(8-10)18-9-17-11/h3-9H,1-2H3,(H,17,18)(H,19,20). The third-order valence-electron chi connectivity index (χ3n) is 3.33. The van der Waals surface area contributed by atoms with E-state index in [2.05, 4.69) is 15.3 Å². The minimum Gasteiger partial charge on any atom is -0.496 e. The lowest BCUT2D eigenvalue weighted by Crippen LogP contribution is -2.14. The molecule has 0 aliphatic rings. The first-order chi connectivity index (χ1) is 10.7. The summed E-state index contributed by atoms with van der Waals surface area (Å²) >= 11 is 0. The Balaban J connectivity index is 1.94. The number of ether oxygens (including phenoxy) is 2. The van der Waals surface area contributed by atoms with Crippen LogP contribution in [0.4, 0.5) is 5.69 Å². The molecule has 6 heteroatoms. The van der Waals surface area contributed by atoms with E-state index in [-0.39, 0.29) is 5.91 Å². The second-order valence-corrected chi connectivity index (χ2v) is 4.63. The van der Waals surface area contributed by atoms with Gasteiger partial charge in [-0.15, -0.1) is 0 Å². The third-order valence-corrected chi connectivity index (χ3v) is 3.33. The molecule has 2 aromatic carbocycles. The maximum atomic E-state index is 12.6. The molecule has 1 heterocycles. The molecule has 0 atom stereocenters. The number of carbonyl (C=O) groups is 1. The molecule has 0 bridgehead atoms. The van der Waals surface area contributed by atoms with E-state index < -0.39 is 0 Å². The number of aromatic amines is 1. The molecule has 6 nitrogen and oxygen atoms in total. The Hall–Kier alpha value is -3.02. The lowest BCUT2D eigenvalue weighted by Gasteiger charge is -2.13. The summed E-state index contributed by atoms with van der Waals surface area (Å²) in [5.41, 5.74) is 2.71. The molecule has 1 aromatic heterocycles. The molecule has 0 aliphatic carbocycles.